The van der Waals surface area contributed by atoms with E-state index in [1.165, 1.54) is 0 Å². The van der Waals surface area contributed by atoms with Gasteiger partial charge in [-0.15, -0.1) is 0 Å². The molecule has 0 atom stereocenters. The zero-order valence-corrected chi connectivity index (χ0v) is 22.5. The van der Waals surface area contributed by atoms with E-state index in [2.05, 4.69) is 114 Å². The number of hydrogen-bond donors (Lipinski definition) is 0. The second kappa shape index (κ2) is 9.04. The van der Waals surface area contributed by atoms with Crippen molar-refractivity contribution in [1.82, 2.24) is 14.1 Å². The van der Waals surface area contributed by atoms with E-state index in [-0.39, 0.29) is 5.91 Å². The Morgan fingerprint density at radius 2 is 1.27 bits per heavy atom. The minimum absolute atomic E-state index is 0.00802. The van der Waals surface area contributed by atoms with Crippen molar-refractivity contribution in [3.8, 4) is 28.2 Å². The van der Waals surface area contributed by atoms with E-state index in [1.807, 2.05) is 28.8 Å². The molecule has 2 heterocycles. The summed E-state index contributed by atoms with van der Waals surface area (Å²) in [5, 5.41) is 4.39. The second-order valence-electron chi connectivity index (χ2n) is 10.4. The number of rotatable bonds is 3. The summed E-state index contributed by atoms with van der Waals surface area (Å²) >= 11 is 0. The molecule has 0 fully saturated rings. The number of nitrogens with zero attached hydrogens (tertiary/aromatic N) is 3. The molecule has 8 aromatic rings. The van der Waals surface area contributed by atoms with Gasteiger partial charge < -0.3 is 0 Å². The molecule has 0 radical (unpaired) electrons. The predicted octanol–water partition coefficient (Wildman–Crippen LogP) is 9.28. The van der Waals surface area contributed by atoms with Crippen LogP contribution in [0.4, 0.5) is 0 Å². The van der Waals surface area contributed by atoms with Gasteiger partial charge in [-0.25, -0.2) is 4.98 Å². The van der Waals surface area contributed by atoms with E-state index < -0.39 is 0 Å². The number of fused-ring (bicyclic) bond motifs is 6. The monoisotopic (exact) mass is 527 g/mol. The van der Waals surface area contributed by atoms with Crippen molar-refractivity contribution in [2.24, 2.45) is 0 Å². The molecule has 0 amide bonds. The molecule has 0 aliphatic rings. The van der Waals surface area contributed by atoms with Crippen molar-refractivity contribution in [3.05, 3.63) is 133 Å². The third-order valence-electron chi connectivity index (χ3n) is 8.02. The molecule has 4 nitrogen and oxygen atoms in total. The largest absolute Gasteiger partial charge is 0.292 e. The zero-order chi connectivity index (χ0) is 27.5. The van der Waals surface area contributed by atoms with Gasteiger partial charge in [-0.1, -0.05) is 103 Å². The molecule has 0 N–H and O–H groups in total. The first-order valence-corrected chi connectivity index (χ1v) is 13.8. The molecule has 194 valence electrons. The van der Waals surface area contributed by atoms with Crippen molar-refractivity contribution < 1.29 is 4.79 Å². The summed E-state index contributed by atoms with van der Waals surface area (Å²) < 4.78 is 4.08. The summed E-state index contributed by atoms with van der Waals surface area (Å²) in [6, 6.07) is 46.1. The van der Waals surface area contributed by atoms with Crippen LogP contribution < -0.4 is 0 Å². The Hall–Kier alpha value is -5.48. The van der Waals surface area contributed by atoms with Crippen molar-refractivity contribution in [1.29, 1.82) is 0 Å². The Morgan fingerprint density at radius 3 is 2.10 bits per heavy atom. The summed E-state index contributed by atoms with van der Waals surface area (Å²) in [5.74, 6) is 0.914. The molecule has 0 saturated carbocycles. The van der Waals surface area contributed by atoms with Crippen LogP contribution in [0.3, 0.4) is 0 Å². The number of carbonyl (C=O) groups excluding carboxylic acids is 1. The molecule has 0 unspecified atom stereocenters. The van der Waals surface area contributed by atoms with Crippen molar-refractivity contribution in [2.45, 2.75) is 6.92 Å². The third kappa shape index (κ3) is 3.61. The van der Waals surface area contributed by atoms with Gasteiger partial charge in [-0.2, -0.15) is 0 Å². The highest BCUT2D eigenvalue weighted by atomic mass is 16.1. The fourth-order valence-electron chi connectivity index (χ4n) is 6.15. The molecule has 4 heteroatoms. The fourth-order valence-corrected chi connectivity index (χ4v) is 6.15. The summed E-state index contributed by atoms with van der Waals surface area (Å²) in [5.41, 5.74) is 8.21. The Labute approximate surface area is 236 Å². The van der Waals surface area contributed by atoms with Crippen LogP contribution in [0.5, 0.6) is 0 Å². The van der Waals surface area contributed by atoms with Crippen LogP contribution in [0.2, 0.25) is 0 Å². The minimum Gasteiger partial charge on any atom is -0.292 e. The maximum Gasteiger partial charge on any atom is 0.228 e. The fraction of sp³-hybridized carbons (Fsp3) is 0.0270. The molecule has 0 aliphatic carbocycles. The molecule has 8 rings (SSSR count). The highest BCUT2D eigenvalue weighted by Gasteiger charge is 2.18. The molecular weight excluding hydrogens is 502 g/mol. The first-order valence-electron chi connectivity index (χ1n) is 13.8. The highest BCUT2D eigenvalue weighted by molar-refractivity contribution is 6.21. The van der Waals surface area contributed by atoms with E-state index in [4.69, 9.17) is 4.98 Å². The van der Waals surface area contributed by atoms with E-state index in [9.17, 15) is 4.79 Å². The Morgan fingerprint density at radius 1 is 0.585 bits per heavy atom. The van der Waals surface area contributed by atoms with Crippen LogP contribution in [0, 0.1) is 0 Å². The molecule has 0 aliphatic heterocycles. The maximum absolute atomic E-state index is 13.0. The van der Waals surface area contributed by atoms with Crippen molar-refractivity contribution in [3.63, 3.8) is 0 Å². The molecule has 6 aromatic carbocycles. The van der Waals surface area contributed by atoms with Gasteiger partial charge in [-0.3, -0.25) is 13.9 Å². The Bertz CT molecular complexity index is 2270. The molecule has 41 heavy (non-hydrogen) atoms. The van der Waals surface area contributed by atoms with Gasteiger partial charge in [0.1, 0.15) is 5.82 Å². The van der Waals surface area contributed by atoms with Crippen LogP contribution in [0.1, 0.15) is 11.7 Å². The van der Waals surface area contributed by atoms with Gasteiger partial charge in [0.15, 0.2) is 0 Å². The number of carbonyl (C=O) groups is 1. The van der Waals surface area contributed by atoms with Gasteiger partial charge in [0.25, 0.3) is 0 Å². The second-order valence-corrected chi connectivity index (χ2v) is 10.4. The quantitative estimate of drug-likeness (QED) is 0.230. The van der Waals surface area contributed by atoms with Crippen LogP contribution in [0.25, 0.3) is 71.8 Å². The third-order valence-corrected chi connectivity index (χ3v) is 8.02. The van der Waals surface area contributed by atoms with E-state index in [0.717, 1.165) is 71.8 Å². The smallest absolute Gasteiger partial charge is 0.228 e. The maximum atomic E-state index is 13.0. The summed E-state index contributed by atoms with van der Waals surface area (Å²) in [7, 11) is 0. The topological polar surface area (TPSA) is 39.8 Å². The zero-order valence-electron chi connectivity index (χ0n) is 22.5. The number of hydrogen-bond acceptors (Lipinski definition) is 2. The normalized spacial score (nSPS) is 11.6. The van der Waals surface area contributed by atoms with Gasteiger partial charge in [-0.05, 0) is 46.8 Å². The van der Waals surface area contributed by atoms with Gasteiger partial charge >= 0.3 is 0 Å². The SMILES string of the molecule is CC(=O)n1c2cc(-c3ccc(-c4nc5ccccc5n4-c4ccccc4)cc3)ccc2c2ccc3ccccc3c21. The van der Waals surface area contributed by atoms with Gasteiger partial charge in [0.05, 0.1) is 22.1 Å². The van der Waals surface area contributed by atoms with E-state index >= 15 is 0 Å². The molecule has 0 spiro atoms. The summed E-state index contributed by atoms with van der Waals surface area (Å²) in [4.78, 5) is 18.0. The first kappa shape index (κ1) is 23.4. The number of benzene rings is 6. The molecule has 0 saturated heterocycles. The lowest BCUT2D eigenvalue weighted by Crippen LogP contribution is -2.05. The highest BCUT2D eigenvalue weighted by Crippen LogP contribution is 2.37. The standard InChI is InChI=1S/C37H25N3O/c1-24(41)39-35-23-28(20-21-31(35)32-22-19-26-9-5-6-12-30(26)36(32)39)25-15-17-27(18-16-25)37-38-33-13-7-8-14-34(33)40(37)29-10-3-2-4-11-29/h2-23H,1H3. The van der Waals surface area contributed by atoms with Crippen LogP contribution in [-0.2, 0) is 0 Å². The lowest BCUT2D eigenvalue weighted by Gasteiger charge is -2.10. The molecule has 2 aromatic heterocycles. The van der Waals surface area contributed by atoms with Gasteiger partial charge in [0, 0.05) is 34.3 Å². The van der Waals surface area contributed by atoms with Crippen molar-refractivity contribution >= 4 is 49.5 Å². The van der Waals surface area contributed by atoms with Crippen LogP contribution >= 0.6 is 0 Å². The van der Waals surface area contributed by atoms with E-state index in [1.54, 1.807) is 6.92 Å². The lowest BCUT2D eigenvalue weighted by atomic mass is 10.0. The van der Waals surface area contributed by atoms with Crippen molar-refractivity contribution in [2.75, 3.05) is 0 Å². The summed E-state index contributed by atoms with van der Waals surface area (Å²) in [6.07, 6.45) is 0. The Kier molecular flexibility index (Phi) is 5.16. The lowest BCUT2D eigenvalue weighted by molar-refractivity contribution is 0.0946. The number of imidazole rings is 1. The number of aromatic nitrogens is 3. The number of para-hydroxylation sites is 3. The molecular formula is C37H25N3O. The average Bonchev–Trinajstić information content (AvgIpc) is 3.58. The average molecular weight is 528 g/mol. The first-order chi connectivity index (χ1) is 20.2. The van der Waals surface area contributed by atoms with Crippen LogP contribution in [-0.4, -0.2) is 20.0 Å². The van der Waals surface area contributed by atoms with Crippen LogP contribution in [0.15, 0.2) is 133 Å². The summed E-state index contributed by atoms with van der Waals surface area (Å²) in [6.45, 7) is 1.64. The molecule has 0 bridgehead atoms. The minimum atomic E-state index is 0.00802. The van der Waals surface area contributed by atoms with Gasteiger partial charge in [0.2, 0.25) is 5.91 Å². The van der Waals surface area contributed by atoms with E-state index in [0.29, 0.717) is 0 Å². The predicted molar refractivity (Wildman–Crippen MR) is 169 cm³/mol. The Balaban J connectivity index is 1.27.